The summed E-state index contributed by atoms with van der Waals surface area (Å²) in [6.07, 6.45) is -4.35. The molecule has 140 valence electrons. The van der Waals surface area contributed by atoms with Crippen molar-refractivity contribution in [1.29, 1.82) is 0 Å². The molecule has 5 nitrogen and oxygen atoms in total. The van der Waals surface area contributed by atoms with E-state index in [1.807, 2.05) is 0 Å². The largest absolute Gasteiger partial charge is 0.417 e. The molecule has 1 aromatic heterocycles. The van der Waals surface area contributed by atoms with E-state index in [0.717, 1.165) is 11.8 Å². The van der Waals surface area contributed by atoms with Crippen LogP contribution in [0.4, 0.5) is 13.2 Å². The fourth-order valence-electron chi connectivity index (χ4n) is 3.33. The lowest BCUT2D eigenvalue weighted by molar-refractivity contribution is -0.138. The number of aryl methyl sites for hydroxylation is 1. The highest BCUT2D eigenvalue weighted by Crippen LogP contribution is 2.33. The van der Waals surface area contributed by atoms with Crippen molar-refractivity contribution in [3.05, 3.63) is 52.9 Å². The van der Waals surface area contributed by atoms with Crippen molar-refractivity contribution in [2.24, 2.45) is 5.92 Å². The van der Waals surface area contributed by atoms with Crippen LogP contribution in [-0.2, 0) is 17.3 Å². The number of rotatable bonds is 4. The molecule has 1 amide bonds. The lowest BCUT2D eigenvalue weighted by atomic mass is 10.0. The second kappa shape index (κ2) is 7.11. The van der Waals surface area contributed by atoms with Crippen LogP contribution in [0.5, 0.6) is 0 Å². The first-order valence-corrected chi connectivity index (χ1v) is 8.20. The minimum absolute atomic E-state index is 0.0747. The van der Waals surface area contributed by atoms with E-state index in [4.69, 9.17) is 9.26 Å². The molecule has 2 heterocycles. The predicted molar refractivity (Wildman–Crippen MR) is 86.6 cm³/mol. The van der Waals surface area contributed by atoms with Gasteiger partial charge in [0.25, 0.3) is 5.91 Å². The zero-order chi connectivity index (χ0) is 18.9. The number of carbonyl (C=O) groups is 1. The molecule has 1 fully saturated rings. The Kier molecular flexibility index (Phi) is 5.04. The minimum Gasteiger partial charge on any atom is -0.379 e. The third-order valence-corrected chi connectivity index (χ3v) is 4.57. The van der Waals surface area contributed by atoms with Gasteiger partial charge in [-0.1, -0.05) is 17.3 Å². The second-order valence-corrected chi connectivity index (χ2v) is 6.43. The number of ether oxygens (including phenoxy) is 1. The maximum absolute atomic E-state index is 13.2. The van der Waals surface area contributed by atoms with Gasteiger partial charge in [-0.15, -0.1) is 0 Å². The first kappa shape index (κ1) is 18.4. The average molecular weight is 368 g/mol. The lowest BCUT2D eigenvalue weighted by Crippen LogP contribution is -2.31. The summed E-state index contributed by atoms with van der Waals surface area (Å²) in [5.41, 5.74) is -0.515. The van der Waals surface area contributed by atoms with E-state index >= 15 is 0 Å². The highest BCUT2D eigenvalue weighted by atomic mass is 19.4. The molecule has 0 saturated carbocycles. The van der Waals surface area contributed by atoms with Gasteiger partial charge in [0.1, 0.15) is 5.76 Å². The molecule has 26 heavy (non-hydrogen) atoms. The summed E-state index contributed by atoms with van der Waals surface area (Å²) in [7, 11) is 1.53. The molecule has 0 spiro atoms. The fourth-order valence-corrected chi connectivity index (χ4v) is 3.33. The van der Waals surface area contributed by atoms with Crippen LogP contribution in [0.1, 0.15) is 27.4 Å². The predicted octanol–water partition coefficient (Wildman–Crippen LogP) is 3.33. The normalized spacial score (nSPS) is 20.6. The summed E-state index contributed by atoms with van der Waals surface area (Å²) in [5.74, 6) is -0.0508. The van der Waals surface area contributed by atoms with E-state index in [0.29, 0.717) is 18.7 Å². The molecule has 8 heteroatoms. The summed E-state index contributed by atoms with van der Waals surface area (Å²) in [6.45, 7) is 2.34. The number of halogens is 3. The molecule has 0 N–H and O–H groups in total. The van der Waals surface area contributed by atoms with Crippen LogP contribution in [-0.4, -0.2) is 42.3 Å². The summed E-state index contributed by atoms with van der Waals surface area (Å²) < 4.78 is 50.2. The SMILES string of the molecule is CO[C@H]1CN(C(=O)c2ccccc2C(F)(F)F)C[C@H]1Cc1cc(C)no1. The molecule has 0 bridgehead atoms. The van der Waals surface area contributed by atoms with Gasteiger partial charge >= 0.3 is 6.18 Å². The number of benzene rings is 1. The first-order valence-electron chi connectivity index (χ1n) is 8.20. The van der Waals surface area contributed by atoms with Gasteiger partial charge in [-0.2, -0.15) is 13.2 Å². The van der Waals surface area contributed by atoms with Crippen molar-refractivity contribution in [1.82, 2.24) is 10.1 Å². The number of hydrogen-bond donors (Lipinski definition) is 0. The maximum atomic E-state index is 13.2. The Morgan fingerprint density at radius 1 is 1.35 bits per heavy atom. The van der Waals surface area contributed by atoms with Crippen LogP contribution in [0.3, 0.4) is 0 Å². The van der Waals surface area contributed by atoms with Crippen molar-refractivity contribution < 1.29 is 27.2 Å². The van der Waals surface area contributed by atoms with Crippen LogP contribution in [0.15, 0.2) is 34.9 Å². The van der Waals surface area contributed by atoms with Gasteiger partial charge in [0, 0.05) is 38.6 Å². The van der Waals surface area contributed by atoms with Gasteiger partial charge in [-0.3, -0.25) is 4.79 Å². The lowest BCUT2D eigenvalue weighted by Gasteiger charge is -2.19. The molecule has 2 atom stereocenters. The van der Waals surface area contributed by atoms with E-state index in [1.165, 1.54) is 30.2 Å². The zero-order valence-electron chi connectivity index (χ0n) is 14.4. The van der Waals surface area contributed by atoms with E-state index in [-0.39, 0.29) is 24.1 Å². The molecule has 1 aliphatic heterocycles. The molecular formula is C18H19F3N2O3. The molecule has 1 aromatic carbocycles. The number of likely N-dealkylation sites (tertiary alicyclic amines) is 1. The van der Waals surface area contributed by atoms with Crippen LogP contribution in [0.2, 0.25) is 0 Å². The van der Waals surface area contributed by atoms with Crippen molar-refractivity contribution in [2.75, 3.05) is 20.2 Å². The van der Waals surface area contributed by atoms with Gasteiger partial charge in [0.2, 0.25) is 0 Å². The second-order valence-electron chi connectivity index (χ2n) is 6.43. The van der Waals surface area contributed by atoms with Crippen LogP contribution in [0, 0.1) is 12.8 Å². The van der Waals surface area contributed by atoms with E-state index in [9.17, 15) is 18.0 Å². The van der Waals surface area contributed by atoms with Crippen LogP contribution < -0.4 is 0 Å². The number of amides is 1. The molecule has 1 saturated heterocycles. The molecule has 0 aliphatic carbocycles. The molecule has 0 unspecified atom stereocenters. The molecule has 0 radical (unpaired) electrons. The van der Waals surface area contributed by atoms with Gasteiger partial charge in [-0.25, -0.2) is 0 Å². The van der Waals surface area contributed by atoms with Crippen molar-refractivity contribution in [3.63, 3.8) is 0 Å². The standard InChI is InChI=1S/C18H19F3N2O3/c1-11-7-13(26-22-11)8-12-9-23(10-16(12)25-2)17(24)14-5-3-4-6-15(14)18(19,20)21/h3-7,12,16H,8-10H2,1-2H3/t12-,16+/m1/s1. The van der Waals surface area contributed by atoms with Gasteiger partial charge < -0.3 is 14.2 Å². The van der Waals surface area contributed by atoms with Gasteiger partial charge in [-0.05, 0) is 19.1 Å². The van der Waals surface area contributed by atoms with E-state index in [1.54, 1.807) is 13.0 Å². The number of nitrogens with zero attached hydrogens (tertiary/aromatic N) is 2. The van der Waals surface area contributed by atoms with Crippen molar-refractivity contribution >= 4 is 5.91 Å². The van der Waals surface area contributed by atoms with Crippen LogP contribution in [0.25, 0.3) is 0 Å². The third kappa shape index (κ3) is 3.75. The summed E-state index contributed by atoms with van der Waals surface area (Å²) in [4.78, 5) is 14.1. The topological polar surface area (TPSA) is 55.6 Å². The molecular weight excluding hydrogens is 349 g/mol. The Bertz CT molecular complexity index is 788. The summed E-state index contributed by atoms with van der Waals surface area (Å²) >= 11 is 0. The number of carbonyl (C=O) groups excluding carboxylic acids is 1. The number of aromatic nitrogens is 1. The Hall–Kier alpha value is -2.35. The van der Waals surface area contributed by atoms with Crippen LogP contribution >= 0.6 is 0 Å². The number of methoxy groups -OCH3 is 1. The van der Waals surface area contributed by atoms with Gasteiger partial charge in [0.05, 0.1) is 22.9 Å². The monoisotopic (exact) mass is 368 g/mol. The Morgan fingerprint density at radius 2 is 2.08 bits per heavy atom. The zero-order valence-corrected chi connectivity index (χ0v) is 14.4. The Balaban J connectivity index is 1.79. The van der Waals surface area contributed by atoms with E-state index < -0.39 is 17.6 Å². The van der Waals surface area contributed by atoms with Gasteiger partial charge in [0.15, 0.2) is 0 Å². The summed E-state index contributed by atoms with van der Waals surface area (Å²) in [5, 5.41) is 3.83. The summed E-state index contributed by atoms with van der Waals surface area (Å²) in [6, 6.07) is 6.64. The minimum atomic E-state index is -4.58. The quantitative estimate of drug-likeness (QED) is 0.831. The Labute approximate surface area is 148 Å². The Morgan fingerprint density at radius 3 is 2.69 bits per heavy atom. The average Bonchev–Trinajstić information content (AvgIpc) is 3.19. The van der Waals surface area contributed by atoms with Crippen molar-refractivity contribution in [2.45, 2.75) is 25.6 Å². The fraction of sp³-hybridized carbons (Fsp3) is 0.444. The smallest absolute Gasteiger partial charge is 0.379 e. The highest BCUT2D eigenvalue weighted by Gasteiger charge is 2.40. The first-order chi connectivity index (χ1) is 12.3. The third-order valence-electron chi connectivity index (χ3n) is 4.57. The maximum Gasteiger partial charge on any atom is 0.417 e. The van der Waals surface area contributed by atoms with Crippen molar-refractivity contribution in [3.8, 4) is 0 Å². The number of alkyl halides is 3. The molecule has 2 aromatic rings. The molecule has 1 aliphatic rings. The number of hydrogen-bond acceptors (Lipinski definition) is 4. The highest BCUT2D eigenvalue weighted by molar-refractivity contribution is 5.96. The van der Waals surface area contributed by atoms with E-state index in [2.05, 4.69) is 5.16 Å². The molecule has 3 rings (SSSR count).